The fourth-order valence-corrected chi connectivity index (χ4v) is 3.89. The van der Waals surface area contributed by atoms with Crippen LogP contribution in [-0.2, 0) is 11.2 Å². The van der Waals surface area contributed by atoms with Crippen LogP contribution >= 0.6 is 0 Å². The molecule has 3 aromatic carbocycles. The third-order valence-corrected chi connectivity index (χ3v) is 5.57. The second-order valence-electron chi connectivity index (χ2n) is 8.04. The number of allylic oxidation sites excluding steroid dienone is 1. The molecule has 0 aliphatic carbocycles. The van der Waals surface area contributed by atoms with E-state index in [1.807, 2.05) is 54.6 Å². The monoisotopic (exact) mass is 454 g/mol. The number of carbonyl (C=O) groups is 1. The maximum Gasteiger partial charge on any atom is 0.315 e. The van der Waals surface area contributed by atoms with Gasteiger partial charge in [0.2, 0.25) is 5.88 Å². The van der Waals surface area contributed by atoms with Crippen LogP contribution in [-0.4, -0.2) is 12.6 Å². The van der Waals surface area contributed by atoms with E-state index in [0.717, 1.165) is 35.3 Å². The summed E-state index contributed by atoms with van der Waals surface area (Å²) in [5, 5.41) is 9.81. The Balaban J connectivity index is 1.60. The summed E-state index contributed by atoms with van der Waals surface area (Å²) in [5.74, 6) is 0.771. The fourth-order valence-electron chi connectivity index (χ4n) is 3.89. The summed E-state index contributed by atoms with van der Waals surface area (Å²) >= 11 is 0. The van der Waals surface area contributed by atoms with E-state index in [0.29, 0.717) is 23.7 Å². The van der Waals surface area contributed by atoms with Gasteiger partial charge in [0.25, 0.3) is 0 Å². The van der Waals surface area contributed by atoms with E-state index >= 15 is 0 Å². The summed E-state index contributed by atoms with van der Waals surface area (Å²) in [4.78, 5) is 12.4. The zero-order valence-corrected chi connectivity index (χ0v) is 19.0. The normalized spacial score (nSPS) is 14.5. The van der Waals surface area contributed by atoms with Gasteiger partial charge in [0, 0.05) is 11.6 Å². The number of unbranched alkanes of at least 4 members (excludes halogenated alkanes) is 1. The minimum Gasteiger partial charge on any atom is -0.494 e. The van der Waals surface area contributed by atoms with Crippen molar-refractivity contribution in [2.75, 3.05) is 6.61 Å². The summed E-state index contributed by atoms with van der Waals surface area (Å²) in [6.07, 6.45) is 2.17. The van der Waals surface area contributed by atoms with Crippen LogP contribution in [0.25, 0.3) is 0 Å². The molecule has 0 bridgehead atoms. The molecule has 0 fully saturated rings. The van der Waals surface area contributed by atoms with E-state index < -0.39 is 5.92 Å². The first-order valence-electron chi connectivity index (χ1n) is 11.3. The molecule has 0 aromatic heterocycles. The number of hydrogen-bond acceptors (Lipinski definition) is 6. The Morgan fingerprint density at radius 1 is 1.06 bits per heavy atom. The maximum absolute atomic E-state index is 12.4. The fraction of sp³-hybridized carbons (Fsp3) is 0.214. The molecule has 1 aliphatic rings. The van der Waals surface area contributed by atoms with Gasteiger partial charge in [-0.3, -0.25) is 4.79 Å². The van der Waals surface area contributed by atoms with E-state index in [2.05, 4.69) is 13.0 Å². The van der Waals surface area contributed by atoms with Gasteiger partial charge in [-0.2, -0.15) is 5.26 Å². The number of nitrogens with zero attached hydrogens (tertiary/aromatic N) is 1. The van der Waals surface area contributed by atoms with Crippen LogP contribution in [0.4, 0.5) is 0 Å². The van der Waals surface area contributed by atoms with Gasteiger partial charge in [0.15, 0.2) is 0 Å². The van der Waals surface area contributed by atoms with Crippen molar-refractivity contribution in [1.29, 1.82) is 5.26 Å². The molecule has 0 saturated heterocycles. The van der Waals surface area contributed by atoms with Crippen molar-refractivity contribution in [3.05, 3.63) is 101 Å². The molecule has 3 aromatic rings. The highest BCUT2D eigenvalue weighted by atomic mass is 16.5. The Kier molecular flexibility index (Phi) is 7.14. The quantitative estimate of drug-likeness (QED) is 0.284. The molecule has 0 saturated carbocycles. The van der Waals surface area contributed by atoms with Crippen LogP contribution in [0, 0.1) is 11.3 Å². The Hall–Kier alpha value is -4.24. The van der Waals surface area contributed by atoms with Crippen LogP contribution in [0.3, 0.4) is 0 Å². The molecule has 0 radical (unpaired) electrons. The number of nitrogens with two attached hydrogens (primary N) is 1. The number of hydrogen-bond donors (Lipinski definition) is 1. The molecule has 0 spiro atoms. The van der Waals surface area contributed by atoms with Crippen molar-refractivity contribution in [3.8, 4) is 23.3 Å². The molecular weight excluding hydrogens is 428 g/mol. The van der Waals surface area contributed by atoms with Gasteiger partial charge in [-0.05, 0) is 35.7 Å². The average molecular weight is 455 g/mol. The van der Waals surface area contributed by atoms with Gasteiger partial charge in [0.1, 0.15) is 28.9 Å². The molecule has 1 heterocycles. The Morgan fingerprint density at radius 2 is 1.88 bits per heavy atom. The summed E-state index contributed by atoms with van der Waals surface area (Å²) < 4.78 is 17.1. The lowest BCUT2D eigenvalue weighted by molar-refractivity contribution is -0.133. The maximum atomic E-state index is 12.4. The third kappa shape index (κ3) is 5.21. The standard InChI is InChI=1S/C28H26N2O4/c1-2-3-14-32-21-11-7-10-20(16-21)27-23-13-12-22(17-25(23)34-28(30)24(27)18-29)33-26(31)15-19-8-5-4-6-9-19/h4-13,16-17,27H,2-3,14-15,30H2,1H3. The molecule has 1 atom stereocenters. The van der Waals surface area contributed by atoms with Crippen molar-refractivity contribution in [2.24, 2.45) is 5.73 Å². The molecule has 2 N–H and O–H groups in total. The predicted octanol–water partition coefficient (Wildman–Crippen LogP) is 5.23. The highest BCUT2D eigenvalue weighted by Crippen LogP contribution is 2.44. The number of nitriles is 1. The molecular formula is C28H26N2O4. The predicted molar refractivity (Wildman–Crippen MR) is 128 cm³/mol. The lowest BCUT2D eigenvalue weighted by Crippen LogP contribution is -2.21. The molecule has 1 aliphatic heterocycles. The number of rotatable bonds is 8. The summed E-state index contributed by atoms with van der Waals surface area (Å²) in [5.41, 5.74) is 8.94. The van der Waals surface area contributed by atoms with E-state index in [1.165, 1.54) is 0 Å². The van der Waals surface area contributed by atoms with Gasteiger partial charge in [-0.15, -0.1) is 0 Å². The lowest BCUT2D eigenvalue weighted by atomic mass is 9.83. The lowest BCUT2D eigenvalue weighted by Gasteiger charge is -2.27. The first-order valence-corrected chi connectivity index (χ1v) is 11.3. The summed E-state index contributed by atoms with van der Waals surface area (Å²) in [7, 11) is 0. The van der Waals surface area contributed by atoms with Crippen molar-refractivity contribution >= 4 is 5.97 Å². The Morgan fingerprint density at radius 3 is 2.65 bits per heavy atom. The molecule has 6 heteroatoms. The first kappa shape index (κ1) is 22.9. The Labute approximate surface area is 199 Å². The number of ether oxygens (including phenoxy) is 3. The summed E-state index contributed by atoms with van der Waals surface area (Å²) in [6, 6.07) is 24.4. The Bertz CT molecular complexity index is 1240. The SMILES string of the molecule is CCCCOc1cccc(C2C(C#N)=C(N)Oc3cc(OC(=O)Cc4ccccc4)ccc32)c1. The smallest absolute Gasteiger partial charge is 0.315 e. The van der Waals surface area contributed by atoms with Gasteiger partial charge in [-0.1, -0.05) is 61.9 Å². The van der Waals surface area contributed by atoms with Crippen LogP contribution in [0.5, 0.6) is 17.2 Å². The van der Waals surface area contributed by atoms with Crippen LogP contribution in [0.1, 0.15) is 42.4 Å². The second-order valence-corrected chi connectivity index (χ2v) is 8.04. The molecule has 0 amide bonds. The topological polar surface area (TPSA) is 94.6 Å². The van der Waals surface area contributed by atoms with Crippen molar-refractivity contribution in [3.63, 3.8) is 0 Å². The second kappa shape index (κ2) is 10.6. The van der Waals surface area contributed by atoms with Crippen LogP contribution in [0.2, 0.25) is 0 Å². The molecule has 172 valence electrons. The van der Waals surface area contributed by atoms with Crippen LogP contribution < -0.4 is 19.9 Å². The first-order chi connectivity index (χ1) is 16.6. The third-order valence-electron chi connectivity index (χ3n) is 5.57. The van der Waals surface area contributed by atoms with E-state index in [-0.39, 0.29) is 18.3 Å². The minimum absolute atomic E-state index is 0.0325. The van der Waals surface area contributed by atoms with Crippen molar-refractivity contribution in [2.45, 2.75) is 32.1 Å². The number of esters is 1. The van der Waals surface area contributed by atoms with Crippen molar-refractivity contribution in [1.82, 2.24) is 0 Å². The molecule has 6 nitrogen and oxygen atoms in total. The van der Waals surface area contributed by atoms with E-state index in [4.69, 9.17) is 19.9 Å². The number of carbonyl (C=O) groups excluding carboxylic acids is 1. The zero-order valence-electron chi connectivity index (χ0n) is 19.0. The minimum atomic E-state index is -0.419. The number of benzene rings is 3. The zero-order chi connectivity index (χ0) is 23.9. The van der Waals surface area contributed by atoms with Gasteiger partial charge in [-0.25, -0.2) is 0 Å². The molecule has 1 unspecified atom stereocenters. The van der Waals surface area contributed by atoms with E-state index in [9.17, 15) is 10.1 Å². The number of fused-ring (bicyclic) bond motifs is 1. The van der Waals surface area contributed by atoms with Gasteiger partial charge in [0.05, 0.1) is 18.9 Å². The van der Waals surface area contributed by atoms with Crippen LogP contribution in [0.15, 0.2) is 84.3 Å². The highest BCUT2D eigenvalue weighted by Gasteiger charge is 2.31. The van der Waals surface area contributed by atoms with Gasteiger partial charge < -0.3 is 19.9 Å². The highest BCUT2D eigenvalue weighted by molar-refractivity contribution is 5.75. The van der Waals surface area contributed by atoms with Crippen molar-refractivity contribution < 1.29 is 19.0 Å². The average Bonchev–Trinajstić information content (AvgIpc) is 2.84. The van der Waals surface area contributed by atoms with Gasteiger partial charge >= 0.3 is 5.97 Å². The molecule has 34 heavy (non-hydrogen) atoms. The largest absolute Gasteiger partial charge is 0.494 e. The van der Waals surface area contributed by atoms with E-state index in [1.54, 1.807) is 18.2 Å². The molecule has 4 rings (SSSR count). The summed E-state index contributed by atoms with van der Waals surface area (Å²) in [6.45, 7) is 2.74.